The number of nitrogen functional groups attached to an aromatic ring is 1. The average Bonchev–Trinajstić information content (AvgIpc) is 3.29. The van der Waals surface area contributed by atoms with Crippen LogP contribution in [0.5, 0.6) is 0 Å². The fraction of sp³-hybridized carbons (Fsp3) is 0.500. The molecule has 1 atom stereocenters. The SMILES string of the molecule is Nc1nc(N2CCN3CCCCC3C2)n2nc(-c3ccco3)nc2n1. The molecule has 0 radical (unpaired) electrons. The lowest BCUT2D eigenvalue weighted by Gasteiger charge is -2.44. The third-order valence-electron chi connectivity index (χ3n) is 5.07. The first-order chi connectivity index (χ1) is 12.3. The summed E-state index contributed by atoms with van der Waals surface area (Å²) in [6.07, 6.45) is 5.43. The van der Waals surface area contributed by atoms with E-state index < -0.39 is 0 Å². The molecule has 2 fully saturated rings. The monoisotopic (exact) mass is 340 g/mol. The molecule has 3 aromatic heterocycles. The van der Waals surface area contributed by atoms with Crippen molar-refractivity contribution in [1.82, 2.24) is 29.5 Å². The summed E-state index contributed by atoms with van der Waals surface area (Å²) in [6, 6.07) is 4.21. The standard InChI is InChI=1S/C16H20N8O/c17-14-19-15-18-13(12-5-3-9-25-12)21-24(15)16(20-14)23-8-7-22-6-2-1-4-11(22)10-23/h3,5,9,11H,1-2,4,6-8,10H2,(H2,17,18,19,21). The van der Waals surface area contributed by atoms with Crippen molar-refractivity contribution in [3.05, 3.63) is 18.4 Å². The van der Waals surface area contributed by atoms with Crippen LogP contribution in [0.25, 0.3) is 17.4 Å². The van der Waals surface area contributed by atoms with Crippen LogP contribution in [0, 0.1) is 0 Å². The Morgan fingerprint density at radius 2 is 2.08 bits per heavy atom. The highest BCUT2D eigenvalue weighted by atomic mass is 16.3. The van der Waals surface area contributed by atoms with Gasteiger partial charge in [0.2, 0.25) is 17.7 Å². The van der Waals surface area contributed by atoms with E-state index in [0.29, 0.717) is 29.4 Å². The van der Waals surface area contributed by atoms with Crippen molar-refractivity contribution in [3.8, 4) is 11.6 Å². The lowest BCUT2D eigenvalue weighted by Crippen LogP contribution is -2.55. The van der Waals surface area contributed by atoms with Gasteiger partial charge < -0.3 is 15.1 Å². The number of rotatable bonds is 2. The van der Waals surface area contributed by atoms with Crippen LogP contribution in [0.1, 0.15) is 19.3 Å². The highest BCUT2D eigenvalue weighted by molar-refractivity contribution is 5.53. The van der Waals surface area contributed by atoms with Crippen molar-refractivity contribution in [2.45, 2.75) is 25.3 Å². The van der Waals surface area contributed by atoms with Gasteiger partial charge in [-0.2, -0.15) is 19.5 Å². The number of furan rings is 1. The maximum absolute atomic E-state index is 5.93. The van der Waals surface area contributed by atoms with Crippen LogP contribution >= 0.6 is 0 Å². The average molecular weight is 340 g/mol. The molecule has 2 saturated heterocycles. The minimum atomic E-state index is 0.215. The van der Waals surface area contributed by atoms with Gasteiger partial charge in [0.15, 0.2) is 5.76 Å². The van der Waals surface area contributed by atoms with Crippen molar-refractivity contribution in [2.24, 2.45) is 0 Å². The zero-order valence-corrected chi connectivity index (χ0v) is 13.9. The number of anilines is 2. The van der Waals surface area contributed by atoms with Gasteiger partial charge in [-0.3, -0.25) is 4.90 Å². The second-order valence-corrected chi connectivity index (χ2v) is 6.64. The topological polar surface area (TPSA) is 102 Å². The summed E-state index contributed by atoms with van der Waals surface area (Å²) in [5.41, 5.74) is 5.93. The molecule has 9 heteroatoms. The number of piperazine rings is 1. The van der Waals surface area contributed by atoms with Crippen molar-refractivity contribution in [2.75, 3.05) is 36.8 Å². The Morgan fingerprint density at radius 1 is 1.12 bits per heavy atom. The van der Waals surface area contributed by atoms with Crippen molar-refractivity contribution in [1.29, 1.82) is 0 Å². The molecule has 1 unspecified atom stereocenters. The molecule has 0 bridgehead atoms. The smallest absolute Gasteiger partial charge is 0.259 e. The molecule has 130 valence electrons. The lowest BCUT2D eigenvalue weighted by molar-refractivity contribution is 0.132. The van der Waals surface area contributed by atoms with Gasteiger partial charge in [0.25, 0.3) is 5.78 Å². The van der Waals surface area contributed by atoms with Gasteiger partial charge in [0, 0.05) is 25.7 Å². The Bertz CT molecular complexity index is 889. The number of aromatic nitrogens is 5. The fourth-order valence-corrected chi connectivity index (χ4v) is 3.84. The van der Waals surface area contributed by atoms with Crippen LogP contribution in [0.4, 0.5) is 11.9 Å². The summed E-state index contributed by atoms with van der Waals surface area (Å²) in [4.78, 5) is 18.0. The third-order valence-corrected chi connectivity index (χ3v) is 5.07. The first-order valence-electron chi connectivity index (χ1n) is 8.71. The summed E-state index contributed by atoms with van der Waals surface area (Å²) >= 11 is 0. The van der Waals surface area contributed by atoms with Crippen LogP contribution in [0.15, 0.2) is 22.8 Å². The number of piperidine rings is 1. The van der Waals surface area contributed by atoms with Crippen LogP contribution in [-0.4, -0.2) is 61.7 Å². The molecule has 5 heterocycles. The number of hydrogen-bond donors (Lipinski definition) is 1. The summed E-state index contributed by atoms with van der Waals surface area (Å²) in [5.74, 6) is 2.46. The Hall–Kier alpha value is -2.68. The summed E-state index contributed by atoms with van der Waals surface area (Å²) in [6.45, 7) is 4.07. The Labute approximate surface area is 144 Å². The predicted octanol–water partition coefficient (Wildman–Crippen LogP) is 1.04. The maximum Gasteiger partial charge on any atom is 0.259 e. The minimum absolute atomic E-state index is 0.215. The van der Waals surface area contributed by atoms with Crippen LogP contribution in [-0.2, 0) is 0 Å². The fourth-order valence-electron chi connectivity index (χ4n) is 3.84. The van der Waals surface area contributed by atoms with E-state index in [1.54, 1.807) is 10.8 Å². The second kappa shape index (κ2) is 5.69. The first kappa shape index (κ1) is 14.6. The Kier molecular flexibility index (Phi) is 3.34. The zero-order chi connectivity index (χ0) is 16.8. The molecule has 9 nitrogen and oxygen atoms in total. The van der Waals surface area contributed by atoms with Crippen molar-refractivity contribution in [3.63, 3.8) is 0 Å². The van der Waals surface area contributed by atoms with Gasteiger partial charge >= 0.3 is 0 Å². The van der Waals surface area contributed by atoms with E-state index in [1.165, 1.54) is 25.8 Å². The Morgan fingerprint density at radius 3 is 2.96 bits per heavy atom. The Balaban J connectivity index is 1.54. The lowest BCUT2D eigenvalue weighted by atomic mass is 10.00. The van der Waals surface area contributed by atoms with Gasteiger partial charge in [-0.05, 0) is 31.5 Å². The van der Waals surface area contributed by atoms with Crippen LogP contribution in [0.3, 0.4) is 0 Å². The van der Waals surface area contributed by atoms with E-state index in [9.17, 15) is 0 Å². The maximum atomic E-state index is 5.93. The van der Waals surface area contributed by atoms with Gasteiger partial charge in [-0.25, -0.2) is 0 Å². The third kappa shape index (κ3) is 2.51. The van der Waals surface area contributed by atoms with Crippen LogP contribution in [0.2, 0.25) is 0 Å². The van der Waals surface area contributed by atoms with Gasteiger partial charge in [0.1, 0.15) is 0 Å². The number of hydrogen-bond acceptors (Lipinski definition) is 8. The number of fused-ring (bicyclic) bond motifs is 2. The first-order valence-corrected chi connectivity index (χ1v) is 8.71. The van der Waals surface area contributed by atoms with E-state index in [1.807, 2.05) is 12.1 Å². The van der Waals surface area contributed by atoms with E-state index in [-0.39, 0.29) is 5.95 Å². The summed E-state index contributed by atoms with van der Waals surface area (Å²) < 4.78 is 7.07. The molecule has 0 aliphatic carbocycles. The van der Waals surface area contributed by atoms with Gasteiger partial charge in [-0.15, -0.1) is 5.10 Å². The molecule has 25 heavy (non-hydrogen) atoms. The molecule has 0 spiro atoms. The number of nitrogens with zero attached hydrogens (tertiary/aromatic N) is 7. The predicted molar refractivity (Wildman–Crippen MR) is 92.1 cm³/mol. The summed E-state index contributed by atoms with van der Waals surface area (Å²) in [7, 11) is 0. The van der Waals surface area contributed by atoms with Gasteiger partial charge in [0.05, 0.1) is 6.26 Å². The summed E-state index contributed by atoms with van der Waals surface area (Å²) in [5, 5.41) is 4.55. The molecule has 3 aromatic rings. The molecule has 5 rings (SSSR count). The normalized spacial score (nSPS) is 21.6. The molecule has 0 aromatic carbocycles. The minimum Gasteiger partial charge on any atom is -0.461 e. The molecule has 2 aliphatic heterocycles. The molecular formula is C16H20N8O. The zero-order valence-electron chi connectivity index (χ0n) is 13.9. The highest BCUT2D eigenvalue weighted by Gasteiger charge is 2.31. The molecule has 2 N–H and O–H groups in total. The molecule has 0 saturated carbocycles. The molecular weight excluding hydrogens is 320 g/mol. The quantitative estimate of drug-likeness (QED) is 0.738. The van der Waals surface area contributed by atoms with Crippen molar-refractivity contribution >= 4 is 17.7 Å². The second-order valence-electron chi connectivity index (χ2n) is 6.64. The largest absolute Gasteiger partial charge is 0.461 e. The van der Waals surface area contributed by atoms with Gasteiger partial charge in [-0.1, -0.05) is 6.42 Å². The van der Waals surface area contributed by atoms with Crippen molar-refractivity contribution < 1.29 is 4.42 Å². The van der Waals surface area contributed by atoms with E-state index in [4.69, 9.17) is 10.2 Å². The van der Waals surface area contributed by atoms with Crippen LogP contribution < -0.4 is 10.6 Å². The molecule has 2 aliphatic rings. The number of nitrogens with two attached hydrogens (primary N) is 1. The molecule has 0 amide bonds. The van der Waals surface area contributed by atoms with E-state index in [2.05, 4.69) is 29.9 Å². The van der Waals surface area contributed by atoms with E-state index in [0.717, 1.165) is 19.6 Å². The highest BCUT2D eigenvalue weighted by Crippen LogP contribution is 2.25. The van der Waals surface area contributed by atoms with E-state index >= 15 is 0 Å².